The van der Waals surface area contributed by atoms with Gasteiger partial charge in [-0.05, 0) is 77.0 Å². The van der Waals surface area contributed by atoms with Gasteiger partial charge in [-0.1, -0.05) is 282 Å². The quantitative estimate of drug-likeness (QED) is 0.0261. The highest BCUT2D eigenvalue weighted by Gasteiger charge is 2.19. The minimum atomic E-state index is -0.768. The van der Waals surface area contributed by atoms with Gasteiger partial charge in [-0.15, -0.1) is 0 Å². The standard InChI is InChI=1S/C65H120O6/c1-4-7-10-13-15-17-19-21-23-25-27-29-30-31-32-33-34-36-37-39-41-43-45-47-49-52-55-58-64(67)70-61-62(60-69-63(66)57-54-51-12-9-6-3)71-65(68)59-56-53-50-48-46-44-42-40-38-35-28-26-24-22-20-18-16-14-11-8-5-2/h19,21,25-28,62H,4-18,20,22-24,29-61H2,1-3H3/b21-19-,27-25-,28-26-. The Labute approximate surface area is 442 Å². The molecule has 0 bridgehead atoms. The van der Waals surface area contributed by atoms with Gasteiger partial charge >= 0.3 is 17.9 Å². The maximum absolute atomic E-state index is 12.8. The number of rotatable bonds is 58. The van der Waals surface area contributed by atoms with Crippen LogP contribution in [-0.2, 0) is 28.6 Å². The summed E-state index contributed by atoms with van der Waals surface area (Å²) in [5.41, 5.74) is 0. The number of unbranched alkanes of at least 4 members (excludes halogenated alkanes) is 41. The first-order valence-electron chi connectivity index (χ1n) is 31.5. The fourth-order valence-corrected chi connectivity index (χ4v) is 9.35. The molecular weight excluding hydrogens is 877 g/mol. The molecule has 6 nitrogen and oxygen atoms in total. The van der Waals surface area contributed by atoms with Crippen molar-refractivity contribution in [3.63, 3.8) is 0 Å². The van der Waals surface area contributed by atoms with Crippen LogP contribution in [0.1, 0.15) is 342 Å². The number of hydrogen-bond donors (Lipinski definition) is 0. The van der Waals surface area contributed by atoms with Crippen LogP contribution in [0.3, 0.4) is 0 Å². The van der Waals surface area contributed by atoms with Crippen molar-refractivity contribution in [1.29, 1.82) is 0 Å². The van der Waals surface area contributed by atoms with Gasteiger partial charge in [0.25, 0.3) is 0 Å². The van der Waals surface area contributed by atoms with E-state index in [1.54, 1.807) is 0 Å². The summed E-state index contributed by atoms with van der Waals surface area (Å²) < 4.78 is 16.8. The largest absolute Gasteiger partial charge is 0.462 e. The first-order chi connectivity index (χ1) is 35.0. The molecule has 0 saturated heterocycles. The average Bonchev–Trinajstić information content (AvgIpc) is 3.37. The Kier molecular flexibility index (Phi) is 58.2. The van der Waals surface area contributed by atoms with Crippen LogP contribution >= 0.6 is 0 Å². The summed E-state index contributed by atoms with van der Waals surface area (Å²) in [6.45, 7) is 6.59. The molecule has 0 amide bonds. The lowest BCUT2D eigenvalue weighted by atomic mass is 10.0. The second-order valence-corrected chi connectivity index (χ2v) is 21.3. The molecule has 416 valence electrons. The van der Waals surface area contributed by atoms with Gasteiger partial charge in [-0.2, -0.15) is 0 Å². The Bertz CT molecular complexity index is 1190. The topological polar surface area (TPSA) is 78.9 Å². The van der Waals surface area contributed by atoms with E-state index in [9.17, 15) is 14.4 Å². The van der Waals surface area contributed by atoms with Gasteiger partial charge in [-0.25, -0.2) is 0 Å². The molecule has 0 fully saturated rings. The maximum Gasteiger partial charge on any atom is 0.306 e. The lowest BCUT2D eigenvalue weighted by Gasteiger charge is -2.18. The van der Waals surface area contributed by atoms with Crippen molar-refractivity contribution < 1.29 is 28.6 Å². The average molecular weight is 998 g/mol. The highest BCUT2D eigenvalue weighted by Crippen LogP contribution is 2.17. The van der Waals surface area contributed by atoms with Crippen LogP contribution in [0, 0.1) is 0 Å². The molecule has 0 spiro atoms. The lowest BCUT2D eigenvalue weighted by molar-refractivity contribution is -0.167. The predicted molar refractivity (Wildman–Crippen MR) is 307 cm³/mol. The molecule has 0 aromatic carbocycles. The molecule has 0 N–H and O–H groups in total. The van der Waals surface area contributed by atoms with Crippen LogP contribution in [0.2, 0.25) is 0 Å². The Morgan fingerprint density at radius 1 is 0.282 bits per heavy atom. The molecule has 0 aliphatic carbocycles. The molecule has 71 heavy (non-hydrogen) atoms. The third kappa shape index (κ3) is 58.4. The Hall–Kier alpha value is -2.37. The molecular formula is C65H120O6. The minimum Gasteiger partial charge on any atom is -0.462 e. The normalized spacial score (nSPS) is 12.2. The molecule has 0 radical (unpaired) electrons. The number of esters is 3. The Morgan fingerprint density at radius 2 is 0.507 bits per heavy atom. The zero-order valence-electron chi connectivity index (χ0n) is 47.8. The van der Waals surface area contributed by atoms with E-state index in [2.05, 4.69) is 57.2 Å². The molecule has 1 unspecified atom stereocenters. The van der Waals surface area contributed by atoms with Gasteiger partial charge in [0.2, 0.25) is 0 Å². The highest BCUT2D eigenvalue weighted by atomic mass is 16.6. The summed E-state index contributed by atoms with van der Waals surface area (Å²) >= 11 is 0. The molecule has 0 saturated carbocycles. The monoisotopic (exact) mass is 997 g/mol. The van der Waals surface area contributed by atoms with Crippen molar-refractivity contribution >= 4 is 17.9 Å². The summed E-state index contributed by atoms with van der Waals surface area (Å²) in [6, 6.07) is 0. The van der Waals surface area contributed by atoms with Crippen LogP contribution in [0.5, 0.6) is 0 Å². The van der Waals surface area contributed by atoms with E-state index in [0.717, 1.165) is 70.6 Å². The van der Waals surface area contributed by atoms with Gasteiger partial charge in [0.15, 0.2) is 6.10 Å². The smallest absolute Gasteiger partial charge is 0.306 e. The molecule has 0 aliphatic rings. The summed E-state index contributed by atoms with van der Waals surface area (Å²) in [6.07, 6.45) is 73.5. The lowest BCUT2D eigenvalue weighted by Crippen LogP contribution is -2.30. The zero-order chi connectivity index (χ0) is 51.4. The van der Waals surface area contributed by atoms with E-state index in [1.165, 1.54) is 231 Å². The van der Waals surface area contributed by atoms with Crippen molar-refractivity contribution in [3.05, 3.63) is 36.5 Å². The Morgan fingerprint density at radius 3 is 0.789 bits per heavy atom. The maximum atomic E-state index is 12.8. The van der Waals surface area contributed by atoms with Gasteiger partial charge in [-0.3, -0.25) is 14.4 Å². The summed E-state index contributed by atoms with van der Waals surface area (Å²) in [7, 11) is 0. The molecule has 0 rings (SSSR count). The van der Waals surface area contributed by atoms with Crippen LogP contribution in [0.25, 0.3) is 0 Å². The van der Waals surface area contributed by atoms with Gasteiger partial charge in [0, 0.05) is 19.3 Å². The minimum absolute atomic E-state index is 0.0698. The molecule has 0 aromatic rings. The van der Waals surface area contributed by atoms with E-state index < -0.39 is 6.10 Å². The van der Waals surface area contributed by atoms with Gasteiger partial charge < -0.3 is 14.2 Å². The number of allylic oxidation sites excluding steroid dienone is 6. The Balaban J connectivity index is 4.00. The first kappa shape index (κ1) is 68.6. The molecule has 1 atom stereocenters. The summed E-state index contributed by atoms with van der Waals surface area (Å²) in [5.74, 6) is -0.868. The number of hydrogen-bond acceptors (Lipinski definition) is 6. The molecule has 0 aliphatic heterocycles. The van der Waals surface area contributed by atoms with Crippen LogP contribution in [0.15, 0.2) is 36.5 Å². The van der Waals surface area contributed by atoms with E-state index in [4.69, 9.17) is 14.2 Å². The van der Waals surface area contributed by atoms with Crippen molar-refractivity contribution in [2.24, 2.45) is 0 Å². The second kappa shape index (κ2) is 60.2. The van der Waals surface area contributed by atoms with E-state index in [-0.39, 0.29) is 31.1 Å². The zero-order valence-corrected chi connectivity index (χ0v) is 47.8. The molecule has 0 aromatic heterocycles. The fourth-order valence-electron chi connectivity index (χ4n) is 9.35. The van der Waals surface area contributed by atoms with E-state index in [1.807, 2.05) is 0 Å². The van der Waals surface area contributed by atoms with Crippen LogP contribution < -0.4 is 0 Å². The SMILES string of the molecule is CCCCCCC/C=C\C/C=C\CCCCCCCCCCCCCCCCCC(=O)OCC(COC(=O)CCCCCCC)OC(=O)CCCCCCCCCCC/C=C\CCCCCCCCCC. The summed E-state index contributed by atoms with van der Waals surface area (Å²) in [5, 5.41) is 0. The van der Waals surface area contributed by atoms with E-state index >= 15 is 0 Å². The van der Waals surface area contributed by atoms with Gasteiger partial charge in [0.05, 0.1) is 0 Å². The number of carbonyl (C=O) groups excluding carboxylic acids is 3. The first-order valence-corrected chi connectivity index (χ1v) is 31.5. The van der Waals surface area contributed by atoms with Crippen LogP contribution in [0.4, 0.5) is 0 Å². The van der Waals surface area contributed by atoms with Crippen molar-refractivity contribution in [2.75, 3.05) is 13.2 Å². The van der Waals surface area contributed by atoms with Crippen molar-refractivity contribution in [3.8, 4) is 0 Å². The van der Waals surface area contributed by atoms with Gasteiger partial charge in [0.1, 0.15) is 13.2 Å². The van der Waals surface area contributed by atoms with E-state index in [0.29, 0.717) is 19.3 Å². The third-order valence-corrected chi connectivity index (χ3v) is 14.1. The van der Waals surface area contributed by atoms with Crippen molar-refractivity contribution in [2.45, 2.75) is 348 Å². The third-order valence-electron chi connectivity index (χ3n) is 14.1. The highest BCUT2D eigenvalue weighted by molar-refractivity contribution is 5.71. The second-order valence-electron chi connectivity index (χ2n) is 21.3. The summed E-state index contributed by atoms with van der Waals surface area (Å²) in [4.78, 5) is 37.9. The predicted octanol–water partition coefficient (Wildman–Crippen LogP) is 21.2. The number of carbonyl (C=O) groups is 3. The fraction of sp³-hybridized carbons (Fsp3) is 0.862. The molecule has 6 heteroatoms. The number of ether oxygens (including phenoxy) is 3. The van der Waals surface area contributed by atoms with Crippen molar-refractivity contribution in [1.82, 2.24) is 0 Å². The molecule has 0 heterocycles. The van der Waals surface area contributed by atoms with Crippen LogP contribution in [-0.4, -0.2) is 37.2 Å².